The second-order valence-electron chi connectivity index (χ2n) is 12.5. The molecule has 0 bridgehead atoms. The summed E-state index contributed by atoms with van der Waals surface area (Å²) in [6.45, 7) is 14.8. The van der Waals surface area contributed by atoms with Crippen molar-refractivity contribution in [2.75, 3.05) is 0 Å². The Labute approximate surface area is 180 Å². The summed E-state index contributed by atoms with van der Waals surface area (Å²) in [7, 11) is 0. The van der Waals surface area contributed by atoms with E-state index in [1.807, 2.05) is 0 Å². The second kappa shape index (κ2) is 7.83. The lowest BCUT2D eigenvalue weighted by molar-refractivity contribution is -0.140. The van der Waals surface area contributed by atoms with Crippen LogP contribution in [0.5, 0.6) is 0 Å². The fourth-order valence-electron chi connectivity index (χ4n) is 8.66. The van der Waals surface area contributed by atoms with Gasteiger partial charge in [0, 0.05) is 12.8 Å². The number of carbonyl (C=O) groups is 1. The van der Waals surface area contributed by atoms with Gasteiger partial charge in [-0.3, -0.25) is 4.79 Å². The van der Waals surface area contributed by atoms with Crippen LogP contribution < -0.4 is 0 Å². The molecule has 0 radical (unpaired) electrons. The van der Waals surface area contributed by atoms with E-state index in [1.165, 1.54) is 44.9 Å². The molecule has 4 aliphatic rings. The zero-order chi connectivity index (χ0) is 21.0. The summed E-state index contributed by atoms with van der Waals surface area (Å²) in [5.74, 6) is 6.97. The largest absolute Gasteiger partial charge is 0.300 e. The molecule has 1 heteroatoms. The molecule has 0 N–H and O–H groups in total. The predicted octanol–water partition coefficient (Wildman–Crippen LogP) is 7.70. The van der Waals surface area contributed by atoms with Gasteiger partial charge in [-0.15, -0.1) is 0 Å². The maximum absolute atomic E-state index is 12.1. The molecule has 0 aliphatic heterocycles. The quantitative estimate of drug-likeness (QED) is 0.443. The van der Waals surface area contributed by atoms with Gasteiger partial charge in [0.15, 0.2) is 0 Å². The van der Waals surface area contributed by atoms with Crippen LogP contribution in [0.15, 0.2) is 12.2 Å². The molecule has 0 amide bonds. The Bertz CT molecular complexity index is 647. The Morgan fingerprint density at radius 3 is 2.31 bits per heavy atom. The van der Waals surface area contributed by atoms with Gasteiger partial charge in [0.25, 0.3) is 0 Å². The number of allylic oxidation sites excluding steroid dienone is 2. The molecule has 29 heavy (non-hydrogen) atoms. The number of ketones is 1. The minimum Gasteiger partial charge on any atom is -0.300 e. The van der Waals surface area contributed by atoms with Crippen molar-refractivity contribution >= 4 is 5.78 Å². The van der Waals surface area contributed by atoms with Gasteiger partial charge in [-0.2, -0.15) is 0 Å². The lowest BCUT2D eigenvalue weighted by Gasteiger charge is -2.60. The van der Waals surface area contributed by atoms with E-state index < -0.39 is 0 Å². The van der Waals surface area contributed by atoms with Crippen molar-refractivity contribution in [2.45, 2.75) is 99.3 Å². The summed E-state index contributed by atoms with van der Waals surface area (Å²) in [6, 6.07) is 0. The van der Waals surface area contributed by atoms with Gasteiger partial charge in [0.1, 0.15) is 5.78 Å². The van der Waals surface area contributed by atoms with Crippen molar-refractivity contribution in [3.05, 3.63) is 12.2 Å². The monoisotopic (exact) mass is 398 g/mol. The average Bonchev–Trinajstić information content (AvgIpc) is 3.03. The molecule has 4 saturated carbocycles. The van der Waals surface area contributed by atoms with Crippen molar-refractivity contribution < 1.29 is 4.79 Å². The summed E-state index contributed by atoms with van der Waals surface area (Å²) in [4.78, 5) is 12.1. The fraction of sp³-hybridized carbons (Fsp3) is 0.893. The van der Waals surface area contributed by atoms with Crippen molar-refractivity contribution in [1.82, 2.24) is 0 Å². The number of fused-ring (bicyclic) bond motifs is 5. The highest BCUT2D eigenvalue weighted by molar-refractivity contribution is 5.79. The van der Waals surface area contributed by atoms with Crippen LogP contribution in [0, 0.1) is 58.2 Å². The van der Waals surface area contributed by atoms with Crippen molar-refractivity contribution in [3.63, 3.8) is 0 Å². The second-order valence-corrected chi connectivity index (χ2v) is 12.5. The molecular formula is C28H46O. The van der Waals surface area contributed by atoms with Crippen molar-refractivity contribution in [3.8, 4) is 0 Å². The van der Waals surface area contributed by atoms with Gasteiger partial charge in [-0.1, -0.05) is 53.7 Å². The van der Waals surface area contributed by atoms with Crippen LogP contribution in [0.2, 0.25) is 0 Å². The highest BCUT2D eigenvalue weighted by Crippen LogP contribution is 2.68. The van der Waals surface area contributed by atoms with Crippen LogP contribution in [0.4, 0.5) is 0 Å². The maximum Gasteiger partial charge on any atom is 0.133 e. The lowest BCUT2D eigenvalue weighted by atomic mass is 9.44. The van der Waals surface area contributed by atoms with Crippen LogP contribution >= 0.6 is 0 Å². The summed E-state index contributed by atoms with van der Waals surface area (Å²) >= 11 is 0. The Morgan fingerprint density at radius 2 is 1.59 bits per heavy atom. The van der Waals surface area contributed by atoms with Crippen LogP contribution in [-0.2, 0) is 4.79 Å². The zero-order valence-corrected chi connectivity index (χ0v) is 20.0. The zero-order valence-electron chi connectivity index (χ0n) is 20.0. The van der Waals surface area contributed by atoms with E-state index >= 15 is 0 Å². The molecule has 4 aliphatic carbocycles. The molecular weight excluding hydrogens is 352 g/mol. The molecule has 164 valence electrons. The third kappa shape index (κ3) is 3.57. The molecule has 0 unspecified atom stereocenters. The first-order valence-electron chi connectivity index (χ1n) is 12.9. The Morgan fingerprint density at radius 1 is 0.862 bits per heavy atom. The summed E-state index contributed by atoms with van der Waals surface area (Å²) in [5.41, 5.74) is 0.994. The van der Waals surface area contributed by atoms with Gasteiger partial charge < -0.3 is 0 Å². The van der Waals surface area contributed by atoms with Gasteiger partial charge in [0.05, 0.1) is 0 Å². The topological polar surface area (TPSA) is 17.1 Å². The predicted molar refractivity (Wildman–Crippen MR) is 123 cm³/mol. The molecule has 0 aromatic rings. The minimum atomic E-state index is 0.453. The van der Waals surface area contributed by atoms with Crippen LogP contribution in [-0.4, -0.2) is 5.78 Å². The molecule has 4 rings (SSSR count). The molecule has 0 aromatic heterocycles. The molecule has 0 aromatic carbocycles. The smallest absolute Gasteiger partial charge is 0.133 e. The number of hydrogen-bond acceptors (Lipinski definition) is 1. The van der Waals surface area contributed by atoms with E-state index in [-0.39, 0.29) is 0 Å². The van der Waals surface area contributed by atoms with E-state index in [0.29, 0.717) is 34.4 Å². The first kappa shape index (κ1) is 21.6. The molecule has 9 atom stereocenters. The van der Waals surface area contributed by atoms with Crippen LogP contribution in [0.25, 0.3) is 0 Å². The third-order valence-corrected chi connectivity index (χ3v) is 11.0. The van der Waals surface area contributed by atoms with Gasteiger partial charge in [-0.25, -0.2) is 0 Å². The first-order chi connectivity index (χ1) is 13.7. The summed E-state index contributed by atoms with van der Waals surface area (Å²) in [5, 5.41) is 0. The summed E-state index contributed by atoms with van der Waals surface area (Å²) < 4.78 is 0. The van der Waals surface area contributed by atoms with E-state index in [9.17, 15) is 4.79 Å². The standard InChI is InChI=1S/C28H46O/c1-18(2)19(3)7-8-20(4)24-11-12-25-23-10-9-21-17-22(29)13-15-27(21,5)26(23)14-16-28(24,25)6/h7-8,18-21,23-26H,9-17H2,1-6H3/b8-7+/t19-,20+,21-,23-,24-,25+,26-,27-,28+/m0/s1. The normalized spacial score (nSPS) is 47.0. The highest BCUT2D eigenvalue weighted by atomic mass is 16.1. The minimum absolute atomic E-state index is 0.453. The van der Waals surface area contributed by atoms with Crippen molar-refractivity contribution in [2.24, 2.45) is 58.2 Å². The number of Topliss-reactive ketones (excluding diaryl/α,β-unsaturated/α-hetero) is 1. The maximum atomic E-state index is 12.1. The van der Waals surface area contributed by atoms with Gasteiger partial charge in [0.2, 0.25) is 0 Å². The average molecular weight is 399 g/mol. The van der Waals surface area contributed by atoms with Crippen LogP contribution in [0.1, 0.15) is 99.3 Å². The molecule has 0 heterocycles. The van der Waals surface area contributed by atoms with Crippen molar-refractivity contribution in [1.29, 1.82) is 0 Å². The Balaban J connectivity index is 1.51. The Kier molecular flexibility index (Phi) is 5.84. The van der Waals surface area contributed by atoms with E-state index in [4.69, 9.17) is 0 Å². The number of hydrogen-bond donors (Lipinski definition) is 0. The van der Waals surface area contributed by atoms with E-state index in [1.54, 1.807) is 0 Å². The molecule has 1 nitrogen and oxygen atoms in total. The van der Waals surface area contributed by atoms with E-state index in [2.05, 4.69) is 53.7 Å². The summed E-state index contributed by atoms with van der Waals surface area (Å²) in [6.07, 6.45) is 16.5. The van der Waals surface area contributed by atoms with Crippen LogP contribution in [0.3, 0.4) is 0 Å². The molecule has 4 fully saturated rings. The van der Waals surface area contributed by atoms with Gasteiger partial charge in [-0.05, 0) is 103 Å². The highest BCUT2D eigenvalue weighted by Gasteiger charge is 2.60. The van der Waals surface area contributed by atoms with Gasteiger partial charge >= 0.3 is 0 Å². The SMILES string of the molecule is CC(C)[C@@H](C)/C=C/[C@@H](C)[C@@H]1CC[C@@H]2[C@@H]3CC[C@H]4CC(=O)CC[C@]4(C)[C@H]3CC[C@@]21C. The van der Waals surface area contributed by atoms with E-state index in [0.717, 1.165) is 42.4 Å². The Hall–Kier alpha value is -0.590. The first-order valence-corrected chi connectivity index (χ1v) is 12.9. The number of rotatable bonds is 4. The third-order valence-electron chi connectivity index (χ3n) is 11.0. The molecule has 0 spiro atoms. The fourth-order valence-corrected chi connectivity index (χ4v) is 8.66. The number of carbonyl (C=O) groups excluding carboxylic acids is 1. The molecule has 0 saturated heterocycles. The lowest BCUT2D eigenvalue weighted by Crippen LogP contribution is -2.53.